The summed E-state index contributed by atoms with van der Waals surface area (Å²) in [7, 11) is 0. The minimum atomic E-state index is -0.284. The Hall–Kier alpha value is -0.610. The van der Waals surface area contributed by atoms with Crippen LogP contribution in [-0.4, -0.2) is 29.7 Å². The van der Waals surface area contributed by atoms with E-state index in [4.69, 9.17) is 10.8 Å². The number of carbonyl (C=O) groups excluding carboxylic acids is 1. The Bertz CT molecular complexity index is 245. The average molecular weight is 228 g/mol. The minimum absolute atomic E-state index is 0.00549. The number of aliphatic hydroxyl groups is 1. The highest BCUT2D eigenvalue weighted by Crippen LogP contribution is 2.29. The summed E-state index contributed by atoms with van der Waals surface area (Å²) in [6.07, 6.45) is 4.57. The largest absolute Gasteiger partial charge is 0.396 e. The zero-order valence-corrected chi connectivity index (χ0v) is 10.4. The molecule has 0 aromatic carbocycles. The molecule has 94 valence electrons. The van der Waals surface area contributed by atoms with Gasteiger partial charge < -0.3 is 16.2 Å². The van der Waals surface area contributed by atoms with E-state index >= 15 is 0 Å². The summed E-state index contributed by atoms with van der Waals surface area (Å²) in [5.74, 6) is 0.00549. The van der Waals surface area contributed by atoms with E-state index in [0.717, 1.165) is 25.7 Å². The van der Waals surface area contributed by atoms with E-state index in [1.807, 2.05) is 13.8 Å². The maximum absolute atomic E-state index is 11.7. The lowest BCUT2D eigenvalue weighted by molar-refractivity contribution is -0.122. The van der Waals surface area contributed by atoms with Crippen molar-refractivity contribution in [1.82, 2.24) is 5.32 Å². The van der Waals surface area contributed by atoms with E-state index in [1.54, 1.807) is 0 Å². The van der Waals surface area contributed by atoms with Gasteiger partial charge in [0.05, 0.1) is 0 Å². The van der Waals surface area contributed by atoms with Gasteiger partial charge in [0, 0.05) is 30.5 Å². The van der Waals surface area contributed by atoms with Crippen LogP contribution in [0.3, 0.4) is 0 Å². The first-order valence-corrected chi connectivity index (χ1v) is 6.03. The number of hydrogen-bond acceptors (Lipinski definition) is 3. The van der Waals surface area contributed by atoms with Gasteiger partial charge in [-0.05, 0) is 12.8 Å². The van der Waals surface area contributed by atoms with Crippen molar-refractivity contribution in [1.29, 1.82) is 0 Å². The standard InChI is InChI=1S/C12H24N2O2/c1-11(2,9-15)8-14-10(16)7-12(13)5-3-4-6-12/h15H,3-9,13H2,1-2H3,(H,14,16). The van der Waals surface area contributed by atoms with Gasteiger partial charge in [-0.1, -0.05) is 26.7 Å². The molecular weight excluding hydrogens is 204 g/mol. The molecule has 1 aliphatic carbocycles. The van der Waals surface area contributed by atoms with Crippen LogP contribution in [0.25, 0.3) is 0 Å². The Labute approximate surface area is 97.6 Å². The lowest BCUT2D eigenvalue weighted by Gasteiger charge is -2.25. The number of rotatable bonds is 5. The number of hydrogen-bond donors (Lipinski definition) is 3. The van der Waals surface area contributed by atoms with Crippen LogP contribution in [0.2, 0.25) is 0 Å². The van der Waals surface area contributed by atoms with Crippen molar-refractivity contribution in [3.05, 3.63) is 0 Å². The van der Waals surface area contributed by atoms with Crippen LogP contribution in [0.15, 0.2) is 0 Å². The molecule has 0 unspecified atom stereocenters. The quantitative estimate of drug-likeness (QED) is 0.651. The Morgan fingerprint density at radius 1 is 1.44 bits per heavy atom. The van der Waals surface area contributed by atoms with Crippen molar-refractivity contribution in [2.24, 2.45) is 11.1 Å². The summed E-state index contributed by atoms with van der Waals surface area (Å²) in [5, 5.41) is 11.9. The second-order valence-electron chi connectivity index (χ2n) is 5.85. The molecule has 0 aromatic heterocycles. The Morgan fingerprint density at radius 3 is 2.50 bits per heavy atom. The number of nitrogens with two attached hydrogens (primary N) is 1. The third kappa shape index (κ3) is 4.10. The molecule has 16 heavy (non-hydrogen) atoms. The number of amides is 1. The van der Waals surface area contributed by atoms with Gasteiger partial charge in [-0.3, -0.25) is 4.79 Å². The van der Waals surface area contributed by atoms with E-state index in [9.17, 15) is 4.79 Å². The van der Waals surface area contributed by atoms with E-state index < -0.39 is 0 Å². The maximum atomic E-state index is 11.7. The van der Waals surface area contributed by atoms with Gasteiger partial charge in [0.1, 0.15) is 0 Å². The summed E-state index contributed by atoms with van der Waals surface area (Å²) < 4.78 is 0. The van der Waals surface area contributed by atoms with Crippen molar-refractivity contribution >= 4 is 5.91 Å². The second kappa shape index (κ2) is 5.15. The highest BCUT2D eigenvalue weighted by molar-refractivity contribution is 5.77. The van der Waals surface area contributed by atoms with Crippen LogP contribution in [0.5, 0.6) is 0 Å². The fraction of sp³-hybridized carbons (Fsp3) is 0.917. The number of aliphatic hydroxyl groups excluding tert-OH is 1. The summed E-state index contributed by atoms with van der Waals surface area (Å²) in [5.41, 5.74) is 5.58. The van der Waals surface area contributed by atoms with E-state index in [-0.39, 0.29) is 23.5 Å². The highest BCUT2D eigenvalue weighted by atomic mass is 16.3. The molecule has 1 fully saturated rings. The molecule has 0 aromatic rings. The summed E-state index contributed by atoms with van der Waals surface area (Å²) in [6, 6.07) is 0. The monoisotopic (exact) mass is 228 g/mol. The van der Waals surface area contributed by atoms with Crippen molar-refractivity contribution in [3.8, 4) is 0 Å². The van der Waals surface area contributed by atoms with Gasteiger partial charge in [-0.2, -0.15) is 0 Å². The average Bonchev–Trinajstić information content (AvgIpc) is 2.62. The number of carbonyl (C=O) groups is 1. The van der Waals surface area contributed by atoms with Gasteiger partial charge in [0.25, 0.3) is 0 Å². The first kappa shape index (κ1) is 13.5. The second-order valence-corrected chi connectivity index (χ2v) is 5.85. The van der Waals surface area contributed by atoms with Crippen LogP contribution < -0.4 is 11.1 Å². The van der Waals surface area contributed by atoms with Crippen LogP contribution in [0, 0.1) is 5.41 Å². The van der Waals surface area contributed by atoms with E-state index in [2.05, 4.69) is 5.32 Å². The van der Waals surface area contributed by atoms with Gasteiger partial charge in [-0.25, -0.2) is 0 Å². The smallest absolute Gasteiger partial charge is 0.221 e. The molecule has 0 aliphatic heterocycles. The van der Waals surface area contributed by atoms with Crippen LogP contribution in [0.4, 0.5) is 0 Å². The van der Waals surface area contributed by atoms with Crippen molar-refractivity contribution in [3.63, 3.8) is 0 Å². The summed E-state index contributed by atoms with van der Waals surface area (Å²) in [6.45, 7) is 4.40. The van der Waals surface area contributed by atoms with Crippen molar-refractivity contribution in [2.75, 3.05) is 13.2 Å². The Morgan fingerprint density at radius 2 is 2.00 bits per heavy atom. The van der Waals surface area contributed by atoms with Crippen LogP contribution in [-0.2, 0) is 4.79 Å². The molecule has 0 radical (unpaired) electrons. The molecule has 0 heterocycles. The maximum Gasteiger partial charge on any atom is 0.221 e. The fourth-order valence-corrected chi connectivity index (χ4v) is 2.03. The molecular formula is C12H24N2O2. The van der Waals surface area contributed by atoms with Crippen LogP contribution >= 0.6 is 0 Å². The molecule has 1 amide bonds. The summed E-state index contributed by atoms with van der Waals surface area (Å²) >= 11 is 0. The fourth-order valence-electron chi connectivity index (χ4n) is 2.03. The molecule has 0 spiro atoms. The van der Waals surface area contributed by atoms with Crippen molar-refractivity contribution in [2.45, 2.75) is 51.5 Å². The normalized spacial score (nSPS) is 19.8. The third-order valence-electron chi connectivity index (χ3n) is 3.30. The molecule has 0 saturated heterocycles. The van der Waals surface area contributed by atoms with Crippen molar-refractivity contribution < 1.29 is 9.90 Å². The molecule has 0 bridgehead atoms. The third-order valence-corrected chi connectivity index (χ3v) is 3.30. The Balaban J connectivity index is 2.31. The highest BCUT2D eigenvalue weighted by Gasteiger charge is 2.32. The summed E-state index contributed by atoms with van der Waals surface area (Å²) in [4.78, 5) is 11.7. The lowest BCUT2D eigenvalue weighted by Crippen LogP contribution is -2.44. The zero-order chi connectivity index (χ0) is 12.2. The zero-order valence-electron chi connectivity index (χ0n) is 10.4. The van der Waals surface area contributed by atoms with Gasteiger partial charge in [0.2, 0.25) is 5.91 Å². The lowest BCUT2D eigenvalue weighted by atomic mass is 9.92. The minimum Gasteiger partial charge on any atom is -0.396 e. The molecule has 1 rings (SSSR count). The molecule has 4 nitrogen and oxygen atoms in total. The molecule has 4 heteroatoms. The molecule has 1 saturated carbocycles. The predicted octanol–water partition coefficient (Wildman–Crippen LogP) is 0.783. The predicted molar refractivity (Wildman–Crippen MR) is 63.9 cm³/mol. The van der Waals surface area contributed by atoms with Gasteiger partial charge >= 0.3 is 0 Å². The van der Waals surface area contributed by atoms with Gasteiger partial charge in [-0.15, -0.1) is 0 Å². The first-order chi connectivity index (χ1) is 7.37. The first-order valence-electron chi connectivity index (χ1n) is 6.03. The molecule has 1 aliphatic rings. The molecule has 4 N–H and O–H groups in total. The Kier molecular flexibility index (Phi) is 4.33. The van der Waals surface area contributed by atoms with Crippen LogP contribution in [0.1, 0.15) is 46.0 Å². The topological polar surface area (TPSA) is 75.3 Å². The van der Waals surface area contributed by atoms with E-state index in [0.29, 0.717) is 13.0 Å². The SMILES string of the molecule is CC(C)(CO)CNC(=O)CC1(N)CCCC1. The molecule has 0 atom stereocenters. The van der Waals surface area contributed by atoms with Gasteiger partial charge in [0.15, 0.2) is 0 Å². The number of nitrogens with one attached hydrogen (secondary N) is 1. The van der Waals surface area contributed by atoms with E-state index in [1.165, 1.54) is 0 Å².